The van der Waals surface area contributed by atoms with Gasteiger partial charge in [0.25, 0.3) is 0 Å². The van der Waals surface area contributed by atoms with Gasteiger partial charge < -0.3 is 25.4 Å². The maximum Gasteiger partial charge on any atom is 0.237 e. The van der Waals surface area contributed by atoms with Crippen molar-refractivity contribution in [3.05, 3.63) is 5.82 Å². The van der Waals surface area contributed by atoms with Gasteiger partial charge in [-0.05, 0) is 39.0 Å². The lowest BCUT2D eigenvalue weighted by molar-refractivity contribution is -0.205. The third-order valence-corrected chi connectivity index (χ3v) is 8.42. The van der Waals surface area contributed by atoms with Crippen LogP contribution < -0.4 is 5.32 Å². The summed E-state index contributed by atoms with van der Waals surface area (Å²) in [5.41, 5.74) is -0.723. The topological polar surface area (TPSA) is 144 Å². The Labute approximate surface area is 203 Å². The maximum absolute atomic E-state index is 13.4. The van der Waals surface area contributed by atoms with E-state index < -0.39 is 35.9 Å². The molecule has 3 rings (SSSR count). The van der Waals surface area contributed by atoms with Crippen LogP contribution in [0.4, 0.5) is 0 Å². The van der Waals surface area contributed by atoms with Crippen molar-refractivity contribution < 1.29 is 24.9 Å². The average Bonchev–Trinajstić information content (AvgIpc) is 3.35. The van der Waals surface area contributed by atoms with Gasteiger partial charge in [-0.15, -0.1) is 16.9 Å². The summed E-state index contributed by atoms with van der Waals surface area (Å²) in [5.74, 6) is 1.03. The number of carbonyl (C=O) groups is 1. The van der Waals surface area contributed by atoms with E-state index >= 15 is 0 Å². The molecule has 0 aliphatic carbocycles. The van der Waals surface area contributed by atoms with Crippen molar-refractivity contribution in [1.29, 1.82) is 0 Å². The summed E-state index contributed by atoms with van der Waals surface area (Å²) in [7, 11) is 1.96. The Morgan fingerprint density at radius 3 is 2.67 bits per heavy atom. The molecular formula is C21H37N5O5S2. The molecule has 33 heavy (non-hydrogen) atoms. The molecule has 2 aliphatic heterocycles. The molecule has 0 radical (unpaired) electrons. The molecule has 2 aliphatic rings. The summed E-state index contributed by atoms with van der Waals surface area (Å²) >= 11 is 2.60. The van der Waals surface area contributed by atoms with E-state index in [2.05, 4.69) is 32.3 Å². The molecule has 12 heteroatoms. The zero-order valence-corrected chi connectivity index (χ0v) is 21.5. The summed E-state index contributed by atoms with van der Waals surface area (Å²) in [6.07, 6.45) is -0.170. The van der Waals surface area contributed by atoms with Crippen molar-refractivity contribution in [2.24, 2.45) is 5.92 Å². The smallest absolute Gasteiger partial charge is 0.237 e. The van der Waals surface area contributed by atoms with Crippen molar-refractivity contribution in [3.8, 4) is 0 Å². The Hall–Kier alpha value is -0.890. The van der Waals surface area contributed by atoms with Crippen LogP contribution in [0, 0.1) is 12.8 Å². The van der Waals surface area contributed by atoms with Crippen LogP contribution in [0.25, 0.3) is 0 Å². The standard InChI is InChI=1S/C21H37N5O5S2/c1-6-7-12-8-13(26(4)9-12)19(30)23-14(10(2)33-21-22-11(3)24-25-21)18-16(28)15(27)17(29)20(31-18)32-5/h10,12-18,20,27-29H,6-9H2,1-5H3,(H,23,30)(H,22,24,25)/t10-,12+,13-,14+,15-,16+,17+,18+,20+/m0/s1. The van der Waals surface area contributed by atoms with E-state index in [0.717, 1.165) is 25.8 Å². The number of aromatic amines is 1. The third kappa shape index (κ3) is 6.22. The van der Waals surface area contributed by atoms with E-state index in [1.165, 1.54) is 23.5 Å². The molecule has 0 aromatic carbocycles. The van der Waals surface area contributed by atoms with E-state index in [9.17, 15) is 20.1 Å². The molecule has 1 aromatic rings. The van der Waals surface area contributed by atoms with Crippen LogP contribution in [0.1, 0.15) is 38.9 Å². The summed E-state index contributed by atoms with van der Waals surface area (Å²) in [6, 6.07) is -0.911. The SMILES string of the molecule is CCC[C@@H]1C[C@@H](C(=O)N[C@@H]([C@H]2O[C@H](SC)[C@H](O)[C@@H](O)[C@H]2O)[C@H](C)Sc2n[nH]c(C)n2)N(C)C1. The van der Waals surface area contributed by atoms with E-state index in [-0.39, 0.29) is 17.2 Å². The quantitative estimate of drug-likeness (QED) is 0.300. The molecule has 9 atom stereocenters. The Balaban J connectivity index is 1.81. The van der Waals surface area contributed by atoms with Crippen LogP contribution in [0.5, 0.6) is 0 Å². The van der Waals surface area contributed by atoms with Crippen LogP contribution in [-0.2, 0) is 9.53 Å². The zero-order valence-electron chi connectivity index (χ0n) is 19.8. The van der Waals surface area contributed by atoms with Crippen molar-refractivity contribution in [2.45, 2.75) is 92.4 Å². The summed E-state index contributed by atoms with van der Waals surface area (Å²) in [6.45, 7) is 6.73. The second kappa shape index (κ2) is 11.7. The Morgan fingerprint density at radius 2 is 2.06 bits per heavy atom. The summed E-state index contributed by atoms with van der Waals surface area (Å²) in [4.78, 5) is 19.8. The molecule has 188 valence electrons. The molecule has 0 unspecified atom stereocenters. The molecule has 1 aromatic heterocycles. The molecule has 2 fully saturated rings. The van der Waals surface area contributed by atoms with Crippen molar-refractivity contribution >= 4 is 29.4 Å². The molecule has 3 heterocycles. The second-order valence-corrected chi connectivity index (χ2v) is 11.4. The molecule has 0 bridgehead atoms. The fourth-order valence-electron chi connectivity index (χ4n) is 4.74. The number of likely N-dealkylation sites (N-methyl/N-ethyl adjacent to an activating group) is 1. The highest BCUT2D eigenvalue weighted by atomic mass is 32.2. The van der Waals surface area contributed by atoms with Gasteiger partial charge in [0.1, 0.15) is 35.7 Å². The lowest BCUT2D eigenvalue weighted by Crippen LogP contribution is -2.65. The van der Waals surface area contributed by atoms with Crippen LogP contribution in [0.15, 0.2) is 5.16 Å². The number of H-pyrrole nitrogens is 1. The van der Waals surface area contributed by atoms with Crippen molar-refractivity contribution in [3.63, 3.8) is 0 Å². The number of nitrogens with zero attached hydrogens (tertiary/aromatic N) is 3. The number of thioether (sulfide) groups is 2. The maximum atomic E-state index is 13.4. The average molecular weight is 504 g/mol. The lowest BCUT2D eigenvalue weighted by atomic mass is 9.92. The molecule has 0 saturated carbocycles. The van der Waals surface area contributed by atoms with E-state index in [1.54, 1.807) is 13.2 Å². The summed E-state index contributed by atoms with van der Waals surface area (Å²) < 4.78 is 6.02. The first-order chi connectivity index (χ1) is 15.7. The van der Waals surface area contributed by atoms with Crippen LogP contribution >= 0.6 is 23.5 Å². The van der Waals surface area contributed by atoms with Crippen LogP contribution in [-0.4, -0.2) is 108 Å². The number of nitrogens with one attached hydrogen (secondary N) is 2. The van der Waals surface area contributed by atoms with Crippen LogP contribution in [0.3, 0.4) is 0 Å². The Morgan fingerprint density at radius 1 is 1.33 bits per heavy atom. The predicted molar refractivity (Wildman–Crippen MR) is 128 cm³/mol. The fraction of sp³-hybridized carbons (Fsp3) is 0.857. The van der Waals surface area contributed by atoms with E-state index in [0.29, 0.717) is 16.9 Å². The highest BCUT2D eigenvalue weighted by Gasteiger charge is 2.49. The monoisotopic (exact) mass is 503 g/mol. The molecular weight excluding hydrogens is 466 g/mol. The minimum Gasteiger partial charge on any atom is -0.388 e. The van der Waals surface area contributed by atoms with Gasteiger partial charge in [-0.2, -0.15) is 0 Å². The first-order valence-corrected chi connectivity index (χ1v) is 13.6. The number of amides is 1. The molecule has 2 saturated heterocycles. The minimum atomic E-state index is -1.38. The van der Waals surface area contributed by atoms with Gasteiger partial charge in [-0.3, -0.25) is 14.8 Å². The largest absolute Gasteiger partial charge is 0.388 e. The first-order valence-electron chi connectivity index (χ1n) is 11.4. The van der Waals surface area contributed by atoms with Gasteiger partial charge in [0.15, 0.2) is 0 Å². The number of hydrogen-bond donors (Lipinski definition) is 5. The van der Waals surface area contributed by atoms with Crippen molar-refractivity contribution in [2.75, 3.05) is 19.8 Å². The zero-order chi connectivity index (χ0) is 24.3. The van der Waals surface area contributed by atoms with Gasteiger partial charge in [0, 0.05) is 11.8 Å². The Bertz CT molecular complexity index is 784. The number of hydrogen-bond acceptors (Lipinski definition) is 10. The highest BCUT2D eigenvalue weighted by Crippen LogP contribution is 2.33. The van der Waals surface area contributed by atoms with Crippen LogP contribution in [0.2, 0.25) is 0 Å². The number of likely N-dealkylation sites (tertiary alicyclic amines) is 1. The Kier molecular flexibility index (Phi) is 9.47. The lowest BCUT2D eigenvalue weighted by Gasteiger charge is -2.44. The summed E-state index contributed by atoms with van der Waals surface area (Å²) in [5, 5.41) is 41.9. The normalized spacial score (nSPS) is 34.8. The van der Waals surface area contributed by atoms with Gasteiger partial charge in [-0.25, -0.2) is 4.98 Å². The molecule has 10 nitrogen and oxygen atoms in total. The van der Waals surface area contributed by atoms with Gasteiger partial charge in [0.2, 0.25) is 11.1 Å². The molecule has 5 N–H and O–H groups in total. The number of carbonyl (C=O) groups excluding carboxylic acids is 1. The minimum absolute atomic E-state index is 0.128. The molecule has 0 spiro atoms. The number of aliphatic hydroxyl groups excluding tert-OH is 3. The predicted octanol–water partition coefficient (Wildman–Crippen LogP) is 0.370. The van der Waals surface area contributed by atoms with Gasteiger partial charge >= 0.3 is 0 Å². The number of aromatic nitrogens is 3. The molecule has 1 amide bonds. The third-order valence-electron chi connectivity index (χ3n) is 6.51. The van der Waals surface area contributed by atoms with Gasteiger partial charge in [0.05, 0.1) is 12.1 Å². The van der Waals surface area contributed by atoms with E-state index in [4.69, 9.17) is 4.74 Å². The van der Waals surface area contributed by atoms with E-state index in [1.807, 2.05) is 14.0 Å². The fourth-order valence-corrected chi connectivity index (χ4v) is 6.41. The highest BCUT2D eigenvalue weighted by molar-refractivity contribution is 7.99. The number of rotatable bonds is 9. The first kappa shape index (κ1) is 26.7. The number of ether oxygens (including phenoxy) is 1. The number of aliphatic hydroxyl groups is 3. The van der Waals surface area contributed by atoms with Crippen molar-refractivity contribution in [1.82, 2.24) is 25.4 Å². The number of aryl methyl sites for hydroxylation is 1. The van der Waals surface area contributed by atoms with Gasteiger partial charge in [-0.1, -0.05) is 32.0 Å². The second-order valence-electron chi connectivity index (χ2n) is 9.08.